The summed E-state index contributed by atoms with van der Waals surface area (Å²) < 4.78 is 6.03. The Kier molecular flexibility index (Phi) is 4.87. The van der Waals surface area contributed by atoms with Gasteiger partial charge in [-0.25, -0.2) is 4.79 Å². The number of hydrogen-bond acceptors (Lipinski definition) is 5. The quantitative estimate of drug-likeness (QED) is 0.578. The SMILES string of the molecule is O=C(OC1c2ccccc2CC1N1CCCC1)c1ccc(N2C(=O)CCC2=O)cc1. The Hall–Kier alpha value is -2.99. The van der Waals surface area contributed by atoms with E-state index < -0.39 is 0 Å². The van der Waals surface area contributed by atoms with Gasteiger partial charge in [0.15, 0.2) is 0 Å². The zero-order chi connectivity index (χ0) is 20.7. The van der Waals surface area contributed by atoms with Crippen molar-refractivity contribution < 1.29 is 19.1 Å². The van der Waals surface area contributed by atoms with Gasteiger partial charge < -0.3 is 4.74 Å². The zero-order valence-electron chi connectivity index (χ0n) is 16.8. The number of hydrogen-bond donors (Lipinski definition) is 0. The Morgan fingerprint density at radius 1 is 0.900 bits per heavy atom. The van der Waals surface area contributed by atoms with Crippen molar-refractivity contribution in [1.82, 2.24) is 4.90 Å². The predicted molar refractivity (Wildman–Crippen MR) is 111 cm³/mol. The molecule has 2 aromatic rings. The molecular weight excluding hydrogens is 380 g/mol. The normalized spacial score (nSPS) is 23.8. The topological polar surface area (TPSA) is 66.9 Å². The van der Waals surface area contributed by atoms with E-state index in [0.29, 0.717) is 11.3 Å². The van der Waals surface area contributed by atoms with Crippen LogP contribution < -0.4 is 4.90 Å². The van der Waals surface area contributed by atoms with Crippen LogP contribution in [0.5, 0.6) is 0 Å². The van der Waals surface area contributed by atoms with Gasteiger partial charge in [-0.15, -0.1) is 0 Å². The van der Waals surface area contributed by atoms with Crippen LogP contribution in [-0.2, 0) is 20.7 Å². The van der Waals surface area contributed by atoms with Crippen molar-refractivity contribution in [3.63, 3.8) is 0 Å². The number of carbonyl (C=O) groups excluding carboxylic acids is 3. The third kappa shape index (κ3) is 3.31. The smallest absolute Gasteiger partial charge is 0.338 e. The van der Waals surface area contributed by atoms with Crippen LogP contribution >= 0.6 is 0 Å². The summed E-state index contributed by atoms with van der Waals surface area (Å²) in [5.74, 6) is -0.788. The molecule has 30 heavy (non-hydrogen) atoms. The molecule has 2 saturated heterocycles. The third-order valence-corrected chi connectivity index (χ3v) is 6.40. The lowest BCUT2D eigenvalue weighted by atomic mass is 10.1. The highest BCUT2D eigenvalue weighted by Gasteiger charge is 2.39. The number of imide groups is 1. The molecule has 0 aromatic heterocycles. The molecule has 0 radical (unpaired) electrons. The van der Waals surface area contributed by atoms with Gasteiger partial charge in [-0.2, -0.15) is 0 Å². The number of rotatable bonds is 4. The highest BCUT2D eigenvalue weighted by atomic mass is 16.5. The van der Waals surface area contributed by atoms with E-state index in [-0.39, 0.29) is 42.8 Å². The summed E-state index contributed by atoms with van der Waals surface area (Å²) in [7, 11) is 0. The van der Waals surface area contributed by atoms with Crippen LogP contribution in [0.4, 0.5) is 5.69 Å². The summed E-state index contributed by atoms with van der Waals surface area (Å²) in [6, 6.07) is 14.9. The van der Waals surface area contributed by atoms with Crippen molar-refractivity contribution in [3.8, 4) is 0 Å². The zero-order valence-corrected chi connectivity index (χ0v) is 16.8. The molecule has 2 unspecified atom stereocenters. The van der Waals surface area contributed by atoms with Gasteiger partial charge in [0.25, 0.3) is 0 Å². The molecule has 154 valence electrons. The molecule has 3 aliphatic rings. The lowest BCUT2D eigenvalue weighted by Gasteiger charge is -2.29. The second-order valence-electron chi connectivity index (χ2n) is 8.21. The van der Waals surface area contributed by atoms with E-state index >= 15 is 0 Å². The van der Waals surface area contributed by atoms with Gasteiger partial charge in [0.05, 0.1) is 17.3 Å². The summed E-state index contributed by atoms with van der Waals surface area (Å²) in [6.45, 7) is 2.08. The molecule has 1 aliphatic carbocycles. The minimum atomic E-state index is -0.383. The van der Waals surface area contributed by atoms with Crippen LogP contribution in [0.3, 0.4) is 0 Å². The Morgan fingerprint density at radius 2 is 1.57 bits per heavy atom. The first-order valence-corrected chi connectivity index (χ1v) is 10.6. The number of likely N-dealkylation sites (tertiary alicyclic amines) is 1. The Balaban J connectivity index is 1.35. The average Bonchev–Trinajstić information content (AvgIpc) is 3.48. The number of nitrogens with zero attached hydrogens (tertiary/aromatic N) is 2. The first-order chi connectivity index (χ1) is 14.6. The first-order valence-electron chi connectivity index (χ1n) is 10.6. The van der Waals surface area contributed by atoms with E-state index in [4.69, 9.17) is 4.74 Å². The largest absolute Gasteiger partial charge is 0.452 e. The molecule has 0 bridgehead atoms. The number of esters is 1. The average molecular weight is 404 g/mol. The summed E-state index contributed by atoms with van der Waals surface area (Å²) >= 11 is 0. The van der Waals surface area contributed by atoms with Crippen molar-refractivity contribution in [2.24, 2.45) is 0 Å². The van der Waals surface area contributed by atoms with Gasteiger partial charge in [-0.1, -0.05) is 24.3 Å². The fourth-order valence-electron chi connectivity index (χ4n) is 4.87. The summed E-state index contributed by atoms with van der Waals surface area (Å²) in [5.41, 5.74) is 3.25. The molecule has 6 heteroatoms. The van der Waals surface area contributed by atoms with Crippen LogP contribution in [0.1, 0.15) is 53.3 Å². The molecule has 0 saturated carbocycles. The monoisotopic (exact) mass is 404 g/mol. The Morgan fingerprint density at radius 3 is 2.27 bits per heavy atom. The van der Waals surface area contributed by atoms with Crippen molar-refractivity contribution in [3.05, 3.63) is 65.2 Å². The second-order valence-corrected chi connectivity index (χ2v) is 8.21. The van der Waals surface area contributed by atoms with Crippen molar-refractivity contribution in [1.29, 1.82) is 0 Å². The Labute approximate surface area is 175 Å². The van der Waals surface area contributed by atoms with E-state index in [1.165, 1.54) is 23.3 Å². The molecule has 2 heterocycles. The maximum Gasteiger partial charge on any atom is 0.338 e. The molecule has 5 rings (SSSR count). The lowest BCUT2D eigenvalue weighted by Crippen LogP contribution is -2.37. The van der Waals surface area contributed by atoms with E-state index in [1.807, 2.05) is 12.1 Å². The van der Waals surface area contributed by atoms with E-state index in [9.17, 15) is 14.4 Å². The summed E-state index contributed by atoms with van der Waals surface area (Å²) in [6.07, 6.45) is 3.45. The molecule has 0 spiro atoms. The summed E-state index contributed by atoms with van der Waals surface area (Å²) in [5, 5.41) is 0. The minimum absolute atomic E-state index is 0.174. The number of ether oxygens (including phenoxy) is 1. The molecule has 2 atom stereocenters. The maximum atomic E-state index is 12.9. The highest BCUT2D eigenvalue weighted by molar-refractivity contribution is 6.19. The minimum Gasteiger partial charge on any atom is -0.452 e. The standard InChI is InChI=1S/C24H24N2O4/c27-21-11-12-22(28)26(21)18-9-7-16(8-10-18)24(29)30-23-19-6-2-1-5-17(19)15-20(23)25-13-3-4-14-25/h1-2,5-10,20,23H,3-4,11-15H2. The summed E-state index contributed by atoms with van der Waals surface area (Å²) in [4.78, 5) is 40.4. The molecule has 2 aliphatic heterocycles. The van der Waals surface area contributed by atoms with Crippen LogP contribution in [-0.4, -0.2) is 41.8 Å². The first kappa shape index (κ1) is 19.0. The van der Waals surface area contributed by atoms with Gasteiger partial charge in [0, 0.05) is 12.8 Å². The number of fused-ring (bicyclic) bond motifs is 1. The van der Waals surface area contributed by atoms with Gasteiger partial charge in [-0.05, 0) is 67.7 Å². The molecule has 2 aromatic carbocycles. The molecular formula is C24H24N2O4. The van der Waals surface area contributed by atoms with Crippen LogP contribution in [0, 0.1) is 0 Å². The van der Waals surface area contributed by atoms with Gasteiger partial charge in [0.1, 0.15) is 6.10 Å². The van der Waals surface area contributed by atoms with Crippen molar-refractivity contribution >= 4 is 23.5 Å². The lowest BCUT2D eigenvalue weighted by molar-refractivity contribution is -0.121. The van der Waals surface area contributed by atoms with Crippen molar-refractivity contribution in [2.75, 3.05) is 18.0 Å². The van der Waals surface area contributed by atoms with Crippen molar-refractivity contribution in [2.45, 2.75) is 44.2 Å². The van der Waals surface area contributed by atoms with Gasteiger partial charge in [-0.3, -0.25) is 19.4 Å². The predicted octanol–water partition coefficient (Wildman–Crippen LogP) is 3.26. The molecule has 0 N–H and O–H groups in total. The van der Waals surface area contributed by atoms with Gasteiger partial charge in [0.2, 0.25) is 11.8 Å². The van der Waals surface area contributed by atoms with Crippen LogP contribution in [0.25, 0.3) is 0 Å². The number of carbonyl (C=O) groups is 3. The fraction of sp³-hybridized carbons (Fsp3) is 0.375. The number of benzene rings is 2. The number of amides is 2. The van der Waals surface area contributed by atoms with E-state index in [0.717, 1.165) is 25.1 Å². The molecule has 2 amide bonds. The van der Waals surface area contributed by atoms with Crippen LogP contribution in [0.15, 0.2) is 48.5 Å². The molecule has 6 nitrogen and oxygen atoms in total. The van der Waals surface area contributed by atoms with Gasteiger partial charge >= 0.3 is 5.97 Å². The fourth-order valence-corrected chi connectivity index (χ4v) is 4.87. The number of anilines is 1. The third-order valence-electron chi connectivity index (χ3n) is 6.40. The Bertz CT molecular complexity index is 979. The van der Waals surface area contributed by atoms with E-state index in [2.05, 4.69) is 17.0 Å². The second kappa shape index (κ2) is 7.69. The van der Waals surface area contributed by atoms with E-state index in [1.54, 1.807) is 24.3 Å². The maximum absolute atomic E-state index is 12.9. The highest BCUT2D eigenvalue weighted by Crippen LogP contribution is 2.39. The van der Waals surface area contributed by atoms with Crippen LogP contribution in [0.2, 0.25) is 0 Å². The molecule has 2 fully saturated rings.